The van der Waals surface area contributed by atoms with E-state index in [1.54, 1.807) is 16.7 Å². The van der Waals surface area contributed by atoms with Crippen molar-refractivity contribution in [3.05, 3.63) is 92.8 Å². The van der Waals surface area contributed by atoms with Gasteiger partial charge in [0.15, 0.2) is 5.17 Å². The van der Waals surface area contributed by atoms with Crippen molar-refractivity contribution in [2.45, 2.75) is 25.7 Å². The van der Waals surface area contributed by atoms with E-state index in [1.165, 1.54) is 11.8 Å². The highest BCUT2D eigenvalue weighted by Crippen LogP contribution is 2.51. The quantitative estimate of drug-likeness (QED) is 0.355. The Morgan fingerprint density at radius 2 is 1.79 bits per heavy atom. The summed E-state index contributed by atoms with van der Waals surface area (Å²) in [4.78, 5) is 24.5. The highest BCUT2D eigenvalue weighted by Gasteiger charge is 2.40. The van der Waals surface area contributed by atoms with Gasteiger partial charge in [-0.3, -0.25) is 9.69 Å². The molecule has 5 rings (SSSR count). The van der Waals surface area contributed by atoms with Crippen LogP contribution >= 0.6 is 35.1 Å². The number of carbonyl (C=O) groups is 1. The van der Waals surface area contributed by atoms with E-state index < -0.39 is 0 Å². The average molecular weight is 492 g/mol. The molecule has 0 spiro atoms. The number of amidine groups is 1. The third-order valence-electron chi connectivity index (χ3n) is 5.54. The summed E-state index contributed by atoms with van der Waals surface area (Å²) in [6.45, 7) is 6.87. The monoisotopic (exact) mass is 491 g/mol. The van der Waals surface area contributed by atoms with E-state index in [2.05, 4.69) is 24.0 Å². The number of anilines is 2. The maximum absolute atomic E-state index is 13.8. The first kappa shape index (κ1) is 22.1. The summed E-state index contributed by atoms with van der Waals surface area (Å²) >= 11 is 9.41. The number of aryl methyl sites for hydroxylation is 2. The molecule has 166 valence electrons. The number of nitrogens with zero attached hydrogens (tertiary/aromatic N) is 3. The van der Waals surface area contributed by atoms with Gasteiger partial charge in [0.25, 0.3) is 5.91 Å². The second kappa shape index (κ2) is 8.93. The molecule has 0 N–H and O–H groups in total. The molecule has 1 saturated heterocycles. The van der Waals surface area contributed by atoms with Crippen LogP contribution in [0.25, 0.3) is 0 Å². The molecule has 2 aliphatic rings. The van der Waals surface area contributed by atoms with Crippen LogP contribution in [0.5, 0.6) is 0 Å². The van der Waals surface area contributed by atoms with E-state index in [9.17, 15) is 4.79 Å². The van der Waals surface area contributed by atoms with E-state index >= 15 is 0 Å². The van der Waals surface area contributed by atoms with Crippen LogP contribution in [0.4, 0.5) is 17.1 Å². The van der Waals surface area contributed by atoms with Gasteiger partial charge in [0.2, 0.25) is 0 Å². The lowest BCUT2D eigenvalue weighted by molar-refractivity contribution is -0.113. The number of benzene rings is 3. The van der Waals surface area contributed by atoms with Crippen LogP contribution < -0.4 is 9.80 Å². The van der Waals surface area contributed by atoms with E-state index in [4.69, 9.17) is 16.6 Å². The predicted octanol–water partition coefficient (Wildman–Crippen LogP) is 7.53. The number of fused-ring (bicyclic) bond motifs is 1. The molecule has 0 bridgehead atoms. The lowest BCUT2D eigenvalue weighted by atomic mass is 10.2. The highest BCUT2D eigenvalue weighted by atomic mass is 35.5. The third-order valence-corrected chi connectivity index (χ3v) is 8.29. The SMILES string of the molecule is CCN1C(=C2SC(=Nc3ccc(C)c(Cl)c3)N(c3cccc(C)c3)C2=O)Sc2ccccc21. The number of aliphatic imine (C=N–C) groups is 1. The van der Waals surface area contributed by atoms with Gasteiger partial charge in [0.1, 0.15) is 9.93 Å². The van der Waals surface area contributed by atoms with Crippen LogP contribution in [0.3, 0.4) is 0 Å². The van der Waals surface area contributed by atoms with E-state index in [0.717, 1.165) is 44.7 Å². The van der Waals surface area contributed by atoms with Gasteiger partial charge in [0.05, 0.1) is 17.1 Å². The van der Waals surface area contributed by atoms with E-state index in [1.807, 2.05) is 68.4 Å². The summed E-state index contributed by atoms with van der Waals surface area (Å²) in [6, 6.07) is 21.9. The predicted molar refractivity (Wildman–Crippen MR) is 142 cm³/mol. The zero-order valence-electron chi connectivity index (χ0n) is 18.5. The van der Waals surface area contributed by atoms with Crippen molar-refractivity contribution in [3.8, 4) is 0 Å². The van der Waals surface area contributed by atoms with Gasteiger partial charge in [0, 0.05) is 16.5 Å². The number of carbonyl (C=O) groups excluding carboxylic acids is 1. The van der Waals surface area contributed by atoms with Gasteiger partial charge in [-0.1, -0.05) is 53.7 Å². The maximum Gasteiger partial charge on any atom is 0.274 e. The van der Waals surface area contributed by atoms with Crippen molar-refractivity contribution in [3.63, 3.8) is 0 Å². The molecule has 0 aliphatic carbocycles. The Kier molecular flexibility index (Phi) is 5.99. The molecule has 0 saturated carbocycles. The molecule has 2 aliphatic heterocycles. The Balaban J connectivity index is 1.64. The molecular formula is C26H22ClN3OS2. The molecule has 0 radical (unpaired) electrons. The minimum Gasteiger partial charge on any atom is -0.334 e. The molecule has 7 heteroatoms. The first-order valence-electron chi connectivity index (χ1n) is 10.7. The molecule has 1 fully saturated rings. The average Bonchev–Trinajstić information content (AvgIpc) is 3.33. The lowest BCUT2D eigenvalue weighted by Gasteiger charge is -2.19. The number of hydrogen-bond acceptors (Lipinski definition) is 5. The summed E-state index contributed by atoms with van der Waals surface area (Å²) in [5.74, 6) is -0.0590. The second-order valence-electron chi connectivity index (χ2n) is 7.86. The number of hydrogen-bond donors (Lipinski definition) is 0. The van der Waals surface area contributed by atoms with Crippen LogP contribution in [0.2, 0.25) is 5.02 Å². The van der Waals surface area contributed by atoms with Gasteiger partial charge in [-0.15, -0.1) is 0 Å². The second-order valence-corrected chi connectivity index (χ2v) is 10.3. The van der Waals surface area contributed by atoms with E-state index in [-0.39, 0.29) is 5.91 Å². The summed E-state index contributed by atoms with van der Waals surface area (Å²) < 4.78 is 0. The standard InChI is InChI=1S/C26H22ClN3OS2/c1-4-29-21-10-5-6-11-22(21)32-25(29)23-24(31)30(19-9-7-8-16(2)14-19)26(33-23)28-18-13-12-17(3)20(27)15-18/h5-15H,4H2,1-3H3. The lowest BCUT2D eigenvalue weighted by Crippen LogP contribution is -2.29. The van der Waals surface area contributed by atoms with Gasteiger partial charge >= 0.3 is 0 Å². The molecule has 33 heavy (non-hydrogen) atoms. The van der Waals surface area contributed by atoms with Gasteiger partial charge in [-0.2, -0.15) is 0 Å². The fourth-order valence-electron chi connectivity index (χ4n) is 3.85. The third kappa shape index (κ3) is 4.07. The fourth-order valence-corrected chi connectivity index (χ4v) is 6.42. The molecule has 1 amide bonds. The molecular weight excluding hydrogens is 470 g/mol. The Hall–Kier alpha value is -2.67. The molecule has 4 nitrogen and oxygen atoms in total. The van der Waals surface area contributed by atoms with Crippen LogP contribution in [-0.2, 0) is 4.79 Å². The minimum absolute atomic E-state index is 0.0590. The summed E-state index contributed by atoms with van der Waals surface area (Å²) in [7, 11) is 0. The van der Waals surface area contributed by atoms with Crippen LogP contribution in [0.15, 0.2) is 86.6 Å². The summed E-state index contributed by atoms with van der Waals surface area (Å²) in [6.07, 6.45) is 0. The summed E-state index contributed by atoms with van der Waals surface area (Å²) in [5, 5.41) is 2.24. The van der Waals surface area contributed by atoms with Gasteiger partial charge in [-0.05, 0) is 80.1 Å². The van der Waals surface area contributed by atoms with Crippen molar-refractivity contribution >= 4 is 63.3 Å². The van der Waals surface area contributed by atoms with Gasteiger partial charge < -0.3 is 4.90 Å². The number of halogens is 1. The topological polar surface area (TPSA) is 35.9 Å². The zero-order chi connectivity index (χ0) is 23.1. The van der Waals surface area contributed by atoms with Crippen LogP contribution in [0.1, 0.15) is 18.1 Å². The highest BCUT2D eigenvalue weighted by molar-refractivity contribution is 8.20. The normalized spacial score (nSPS) is 19.0. The van der Waals surface area contributed by atoms with Crippen molar-refractivity contribution < 1.29 is 4.79 Å². The van der Waals surface area contributed by atoms with Crippen molar-refractivity contribution in [1.29, 1.82) is 0 Å². The Bertz CT molecular complexity index is 1330. The van der Waals surface area contributed by atoms with Crippen LogP contribution in [0, 0.1) is 13.8 Å². The number of para-hydroxylation sites is 1. The molecule has 0 aromatic heterocycles. The Morgan fingerprint density at radius 3 is 2.55 bits per heavy atom. The van der Waals surface area contributed by atoms with Crippen molar-refractivity contribution in [2.24, 2.45) is 4.99 Å². The maximum atomic E-state index is 13.8. The summed E-state index contributed by atoms with van der Waals surface area (Å²) in [5.41, 5.74) is 4.75. The van der Waals surface area contributed by atoms with Gasteiger partial charge in [-0.25, -0.2) is 4.99 Å². The van der Waals surface area contributed by atoms with Crippen LogP contribution in [-0.4, -0.2) is 17.6 Å². The first-order valence-corrected chi connectivity index (χ1v) is 12.7. The van der Waals surface area contributed by atoms with E-state index in [0.29, 0.717) is 15.1 Å². The zero-order valence-corrected chi connectivity index (χ0v) is 20.9. The fraction of sp³-hybridized carbons (Fsp3) is 0.154. The smallest absolute Gasteiger partial charge is 0.274 e. The molecule has 0 unspecified atom stereocenters. The number of thioether (sulfide) groups is 2. The molecule has 0 atom stereocenters. The Labute approximate surface area is 207 Å². The first-order chi connectivity index (χ1) is 16.0. The number of amides is 1. The minimum atomic E-state index is -0.0590. The van der Waals surface area contributed by atoms with Crippen molar-refractivity contribution in [2.75, 3.05) is 16.3 Å². The number of rotatable bonds is 3. The largest absolute Gasteiger partial charge is 0.334 e. The Morgan fingerprint density at radius 1 is 0.970 bits per heavy atom. The van der Waals surface area contributed by atoms with Crippen molar-refractivity contribution in [1.82, 2.24) is 0 Å². The molecule has 2 heterocycles. The molecule has 3 aromatic carbocycles. The molecule has 3 aromatic rings.